The number of aromatic amines is 1. The largest absolute Gasteiger partial charge is 0.360 e. The number of carbonyl (C=O) groups is 2. The van der Waals surface area contributed by atoms with E-state index >= 15 is 0 Å². The molecule has 3 heterocycles. The highest BCUT2D eigenvalue weighted by molar-refractivity contribution is 6.07. The molecular formula is C22H19N5O3. The van der Waals surface area contributed by atoms with Crippen LogP contribution in [-0.2, 0) is 11.3 Å². The lowest BCUT2D eigenvalue weighted by Crippen LogP contribution is -2.55. The maximum atomic E-state index is 12.7. The van der Waals surface area contributed by atoms with E-state index in [1.165, 1.54) is 0 Å². The molecule has 0 radical (unpaired) electrons. The number of hydrogen-bond donors (Lipinski definition) is 2. The Bertz CT molecular complexity index is 1210. The zero-order valence-corrected chi connectivity index (χ0v) is 16.0. The van der Waals surface area contributed by atoms with Gasteiger partial charge in [0.2, 0.25) is 17.6 Å². The fourth-order valence-electron chi connectivity index (χ4n) is 3.57. The van der Waals surface area contributed by atoms with E-state index in [1.54, 1.807) is 11.1 Å². The number of amides is 2. The van der Waals surface area contributed by atoms with Crippen LogP contribution in [0.15, 0.2) is 65.3 Å². The number of rotatable bonds is 5. The molecule has 0 aliphatic carbocycles. The van der Waals surface area contributed by atoms with E-state index in [0.717, 1.165) is 16.5 Å². The molecule has 2 aromatic carbocycles. The second kappa shape index (κ2) is 7.47. The molecule has 0 atom stereocenters. The predicted molar refractivity (Wildman–Crippen MR) is 109 cm³/mol. The van der Waals surface area contributed by atoms with Crippen molar-refractivity contribution in [1.29, 1.82) is 0 Å². The molecule has 8 nitrogen and oxygen atoms in total. The first-order chi connectivity index (χ1) is 14.7. The number of likely N-dealkylation sites (tertiary alicyclic amines) is 1. The first-order valence-electron chi connectivity index (χ1n) is 9.70. The molecule has 1 aliphatic rings. The summed E-state index contributed by atoms with van der Waals surface area (Å²) in [6, 6.07) is 17.2. The average molecular weight is 401 g/mol. The molecule has 0 saturated carbocycles. The van der Waals surface area contributed by atoms with E-state index in [0.29, 0.717) is 30.4 Å². The predicted octanol–water partition coefficient (Wildman–Crippen LogP) is 2.61. The minimum absolute atomic E-state index is 0.0686. The van der Waals surface area contributed by atoms with Crippen molar-refractivity contribution in [1.82, 2.24) is 25.3 Å². The minimum atomic E-state index is -0.240. The van der Waals surface area contributed by atoms with Crippen molar-refractivity contribution in [2.45, 2.75) is 6.54 Å². The van der Waals surface area contributed by atoms with Gasteiger partial charge >= 0.3 is 0 Å². The lowest BCUT2D eigenvalue weighted by molar-refractivity contribution is -0.129. The van der Waals surface area contributed by atoms with E-state index < -0.39 is 0 Å². The van der Waals surface area contributed by atoms with E-state index in [2.05, 4.69) is 20.4 Å². The van der Waals surface area contributed by atoms with Crippen LogP contribution in [0, 0.1) is 5.92 Å². The fraction of sp³-hybridized carbons (Fsp3) is 0.182. The lowest BCUT2D eigenvalue weighted by Gasteiger charge is -2.38. The normalized spacial score (nSPS) is 13.9. The first kappa shape index (κ1) is 18.1. The SMILES string of the molecule is O=C(NCc1nc(-c2ccccc2)no1)C1CN(C(=O)c2c[nH]c3ccccc23)C1. The van der Waals surface area contributed by atoms with Crippen LogP contribution in [-0.4, -0.2) is 44.9 Å². The zero-order valence-electron chi connectivity index (χ0n) is 16.0. The topological polar surface area (TPSA) is 104 Å². The van der Waals surface area contributed by atoms with Crippen LogP contribution in [0.2, 0.25) is 0 Å². The van der Waals surface area contributed by atoms with E-state index in [-0.39, 0.29) is 24.3 Å². The molecule has 30 heavy (non-hydrogen) atoms. The summed E-state index contributed by atoms with van der Waals surface area (Å²) in [6.07, 6.45) is 1.72. The summed E-state index contributed by atoms with van der Waals surface area (Å²) in [6.45, 7) is 0.943. The number of benzene rings is 2. The molecule has 8 heteroatoms. The summed E-state index contributed by atoms with van der Waals surface area (Å²) in [5, 5.41) is 7.64. The van der Waals surface area contributed by atoms with Crippen molar-refractivity contribution < 1.29 is 14.1 Å². The third-order valence-corrected chi connectivity index (χ3v) is 5.27. The molecule has 5 rings (SSSR count). The maximum Gasteiger partial charge on any atom is 0.256 e. The Morgan fingerprint density at radius 3 is 2.70 bits per heavy atom. The van der Waals surface area contributed by atoms with Gasteiger partial charge in [0.15, 0.2) is 0 Å². The molecule has 0 bridgehead atoms. The van der Waals surface area contributed by atoms with Crippen molar-refractivity contribution in [3.63, 3.8) is 0 Å². The summed E-state index contributed by atoms with van der Waals surface area (Å²) in [7, 11) is 0. The third kappa shape index (κ3) is 3.32. The molecule has 0 unspecified atom stereocenters. The van der Waals surface area contributed by atoms with Crippen LogP contribution in [0.4, 0.5) is 0 Å². The minimum Gasteiger partial charge on any atom is -0.360 e. The van der Waals surface area contributed by atoms with Gasteiger partial charge in [0.25, 0.3) is 5.91 Å². The summed E-state index contributed by atoms with van der Waals surface area (Å²) in [4.78, 5) is 34.2. The zero-order chi connectivity index (χ0) is 20.5. The lowest BCUT2D eigenvalue weighted by atomic mass is 9.97. The number of para-hydroxylation sites is 1. The van der Waals surface area contributed by atoms with Crippen molar-refractivity contribution in [2.24, 2.45) is 5.92 Å². The van der Waals surface area contributed by atoms with Crippen LogP contribution in [0.3, 0.4) is 0 Å². The Hall–Kier alpha value is -3.94. The monoisotopic (exact) mass is 401 g/mol. The molecule has 2 aromatic heterocycles. The molecular weight excluding hydrogens is 382 g/mol. The quantitative estimate of drug-likeness (QED) is 0.535. The summed E-state index contributed by atoms with van der Waals surface area (Å²) in [5.41, 5.74) is 2.40. The molecule has 1 fully saturated rings. The van der Waals surface area contributed by atoms with Gasteiger partial charge in [0.1, 0.15) is 0 Å². The van der Waals surface area contributed by atoms with Gasteiger partial charge < -0.3 is 19.7 Å². The van der Waals surface area contributed by atoms with E-state index in [1.807, 2.05) is 54.6 Å². The van der Waals surface area contributed by atoms with Gasteiger partial charge in [-0.2, -0.15) is 4.98 Å². The molecule has 2 amide bonds. The maximum absolute atomic E-state index is 12.7. The third-order valence-electron chi connectivity index (χ3n) is 5.27. The average Bonchev–Trinajstić information content (AvgIpc) is 3.39. The van der Waals surface area contributed by atoms with E-state index in [4.69, 9.17) is 4.52 Å². The molecule has 1 saturated heterocycles. The molecule has 4 aromatic rings. The number of fused-ring (bicyclic) bond motifs is 1. The van der Waals surface area contributed by atoms with Crippen molar-refractivity contribution in [3.8, 4) is 11.4 Å². The Kier molecular flexibility index (Phi) is 4.51. The molecule has 1 aliphatic heterocycles. The second-order valence-corrected chi connectivity index (χ2v) is 7.25. The van der Waals surface area contributed by atoms with Crippen molar-refractivity contribution in [3.05, 3.63) is 72.2 Å². The second-order valence-electron chi connectivity index (χ2n) is 7.25. The molecule has 150 valence electrons. The molecule has 0 spiro atoms. The highest BCUT2D eigenvalue weighted by Gasteiger charge is 2.36. The summed E-state index contributed by atoms with van der Waals surface area (Å²) >= 11 is 0. The van der Waals surface area contributed by atoms with Gasteiger partial charge in [-0.1, -0.05) is 53.7 Å². The van der Waals surface area contributed by atoms with Gasteiger partial charge in [-0.05, 0) is 6.07 Å². The Balaban J connectivity index is 1.15. The Morgan fingerprint density at radius 1 is 1.10 bits per heavy atom. The number of hydrogen-bond acceptors (Lipinski definition) is 5. The Morgan fingerprint density at radius 2 is 1.87 bits per heavy atom. The number of H-pyrrole nitrogens is 1. The van der Waals surface area contributed by atoms with Crippen molar-refractivity contribution >= 4 is 22.7 Å². The fourth-order valence-corrected chi connectivity index (χ4v) is 3.57. The van der Waals surface area contributed by atoms with Crippen molar-refractivity contribution in [2.75, 3.05) is 13.1 Å². The molecule has 2 N–H and O–H groups in total. The highest BCUT2D eigenvalue weighted by Crippen LogP contribution is 2.24. The van der Waals surface area contributed by atoms with E-state index in [9.17, 15) is 9.59 Å². The summed E-state index contributed by atoms with van der Waals surface area (Å²) < 4.78 is 5.21. The first-order valence-corrected chi connectivity index (χ1v) is 9.70. The van der Waals surface area contributed by atoms with Gasteiger partial charge in [0, 0.05) is 35.8 Å². The number of carbonyl (C=O) groups excluding carboxylic acids is 2. The van der Waals surface area contributed by atoms with Gasteiger partial charge in [-0.25, -0.2) is 0 Å². The Labute approximate surface area is 171 Å². The van der Waals surface area contributed by atoms with Crippen LogP contribution >= 0.6 is 0 Å². The summed E-state index contributed by atoms with van der Waals surface area (Å²) in [5.74, 6) is 0.390. The number of aromatic nitrogens is 3. The van der Waals surface area contributed by atoms with Crippen LogP contribution in [0.1, 0.15) is 16.2 Å². The van der Waals surface area contributed by atoms with Crippen LogP contribution in [0.5, 0.6) is 0 Å². The van der Waals surface area contributed by atoms with Crippen LogP contribution < -0.4 is 5.32 Å². The standard InChI is InChI=1S/C22H19N5O3/c28-21(24-11-19-25-20(26-30-19)14-6-2-1-3-7-14)15-12-27(13-15)22(29)17-10-23-18-9-5-4-8-16(17)18/h1-10,15,23H,11-13H2,(H,24,28). The van der Waals surface area contributed by atoms with Crippen LogP contribution in [0.25, 0.3) is 22.3 Å². The number of nitrogens with one attached hydrogen (secondary N) is 2. The smallest absolute Gasteiger partial charge is 0.256 e. The number of nitrogens with zero attached hydrogens (tertiary/aromatic N) is 3. The van der Waals surface area contributed by atoms with Gasteiger partial charge in [-0.3, -0.25) is 9.59 Å². The highest BCUT2D eigenvalue weighted by atomic mass is 16.5. The van der Waals surface area contributed by atoms with Gasteiger partial charge in [-0.15, -0.1) is 0 Å². The van der Waals surface area contributed by atoms with Gasteiger partial charge in [0.05, 0.1) is 18.0 Å².